The van der Waals surface area contributed by atoms with Crippen LogP contribution in [0, 0.1) is 0 Å². The molecule has 0 N–H and O–H groups in total. The molecule has 4 heteroatoms. The van der Waals surface area contributed by atoms with Gasteiger partial charge >= 0.3 is 0 Å². The van der Waals surface area contributed by atoms with Crippen molar-refractivity contribution >= 4 is 86.7 Å². The molecule has 0 saturated heterocycles. The maximum Gasteiger partial charge on any atom is 0.0741 e. The number of hydrogen-bond acceptors (Lipinski definition) is 1. The van der Waals surface area contributed by atoms with Gasteiger partial charge in [-0.3, -0.25) is 0 Å². The van der Waals surface area contributed by atoms with E-state index in [0.29, 0.717) is 0 Å². The highest BCUT2D eigenvalue weighted by Crippen LogP contribution is 2.44. The summed E-state index contributed by atoms with van der Waals surface area (Å²) in [6.45, 7) is 0. The zero-order chi connectivity index (χ0) is 30.4. The van der Waals surface area contributed by atoms with E-state index >= 15 is 0 Å². The SMILES string of the molecule is Clc1ccc2sc3ccccc3c2c1-n1c2ccccc2c2cc(-c3ccc4c(c3)c3ccccc3n4-c3ccccc3)ccc21. The Bertz CT molecular complexity index is 2820. The fourth-order valence-corrected chi connectivity index (χ4v) is 8.74. The standard InChI is InChI=1S/C42H25ClN2S/c43-34-20-23-40-41(31-14-6-9-17-39(31)46-40)42(34)45-36-16-8-5-13-30(36)33-25-27(19-22-38(33)45)26-18-21-37-32(24-26)29-12-4-7-15-35(29)44(37)28-10-2-1-3-11-28/h1-25H. The Labute approximate surface area is 273 Å². The van der Waals surface area contributed by atoms with Crippen molar-refractivity contribution in [3.8, 4) is 22.5 Å². The predicted molar refractivity (Wildman–Crippen MR) is 198 cm³/mol. The molecule has 0 aliphatic carbocycles. The van der Waals surface area contributed by atoms with Gasteiger partial charge in [-0.15, -0.1) is 11.3 Å². The molecule has 10 aromatic rings. The van der Waals surface area contributed by atoms with Gasteiger partial charge in [-0.05, 0) is 77.9 Å². The molecule has 0 aliphatic heterocycles. The summed E-state index contributed by atoms with van der Waals surface area (Å²) in [5.41, 5.74) is 9.34. The molecule has 0 bridgehead atoms. The van der Waals surface area contributed by atoms with E-state index in [-0.39, 0.29) is 0 Å². The Morgan fingerprint density at radius 1 is 0.413 bits per heavy atom. The van der Waals surface area contributed by atoms with Gasteiger partial charge in [0, 0.05) is 47.4 Å². The van der Waals surface area contributed by atoms with Crippen LogP contribution in [0.15, 0.2) is 152 Å². The van der Waals surface area contributed by atoms with Crippen molar-refractivity contribution in [3.63, 3.8) is 0 Å². The van der Waals surface area contributed by atoms with Gasteiger partial charge in [0.2, 0.25) is 0 Å². The molecule has 0 saturated carbocycles. The number of fused-ring (bicyclic) bond motifs is 9. The van der Waals surface area contributed by atoms with Gasteiger partial charge in [0.1, 0.15) is 0 Å². The third kappa shape index (κ3) is 3.64. The average Bonchev–Trinajstić information content (AvgIpc) is 3.76. The summed E-state index contributed by atoms with van der Waals surface area (Å²) in [6, 6.07) is 54.6. The number of hydrogen-bond donors (Lipinski definition) is 0. The van der Waals surface area contributed by atoms with Crippen molar-refractivity contribution in [2.24, 2.45) is 0 Å². The number of benzene rings is 7. The lowest BCUT2D eigenvalue weighted by molar-refractivity contribution is 1.18. The summed E-state index contributed by atoms with van der Waals surface area (Å²) in [6.07, 6.45) is 0. The van der Waals surface area contributed by atoms with Crippen LogP contribution in [0.25, 0.3) is 86.3 Å². The molecule has 0 radical (unpaired) electrons. The molecule has 0 spiro atoms. The monoisotopic (exact) mass is 624 g/mol. The van der Waals surface area contributed by atoms with Crippen molar-refractivity contribution < 1.29 is 0 Å². The summed E-state index contributed by atoms with van der Waals surface area (Å²) in [4.78, 5) is 0. The quantitative estimate of drug-likeness (QED) is 0.185. The largest absolute Gasteiger partial charge is 0.309 e. The molecular weight excluding hydrogens is 600 g/mol. The normalized spacial score (nSPS) is 12.0. The summed E-state index contributed by atoms with van der Waals surface area (Å²) in [5, 5.41) is 8.14. The van der Waals surface area contributed by atoms with Crippen LogP contribution in [-0.2, 0) is 0 Å². The van der Waals surface area contributed by atoms with Crippen molar-refractivity contribution in [1.29, 1.82) is 0 Å². The molecule has 7 aromatic carbocycles. The summed E-state index contributed by atoms with van der Waals surface area (Å²) < 4.78 is 7.25. The smallest absolute Gasteiger partial charge is 0.0741 e. The zero-order valence-corrected chi connectivity index (χ0v) is 26.2. The van der Waals surface area contributed by atoms with E-state index in [0.717, 1.165) is 21.7 Å². The molecular formula is C42H25ClN2S. The minimum atomic E-state index is 0.753. The highest BCUT2D eigenvalue weighted by Gasteiger charge is 2.20. The lowest BCUT2D eigenvalue weighted by atomic mass is 10.0. The average molecular weight is 625 g/mol. The van der Waals surface area contributed by atoms with Crippen molar-refractivity contribution in [2.45, 2.75) is 0 Å². The van der Waals surface area contributed by atoms with E-state index in [1.807, 2.05) is 17.4 Å². The lowest BCUT2D eigenvalue weighted by Gasteiger charge is -2.13. The number of halogens is 1. The van der Waals surface area contributed by atoms with E-state index in [1.54, 1.807) is 0 Å². The van der Waals surface area contributed by atoms with Gasteiger partial charge in [-0.2, -0.15) is 0 Å². The number of para-hydroxylation sites is 3. The summed E-state index contributed by atoms with van der Waals surface area (Å²) in [5.74, 6) is 0. The molecule has 2 nitrogen and oxygen atoms in total. The molecule has 3 heterocycles. The van der Waals surface area contributed by atoms with Crippen LogP contribution in [0.1, 0.15) is 0 Å². The van der Waals surface area contributed by atoms with Crippen LogP contribution in [0.5, 0.6) is 0 Å². The van der Waals surface area contributed by atoms with E-state index in [1.165, 1.54) is 69.6 Å². The molecule has 0 unspecified atom stereocenters. The van der Waals surface area contributed by atoms with Crippen LogP contribution in [0.4, 0.5) is 0 Å². The van der Waals surface area contributed by atoms with Crippen LogP contribution >= 0.6 is 22.9 Å². The van der Waals surface area contributed by atoms with Crippen LogP contribution < -0.4 is 0 Å². The van der Waals surface area contributed by atoms with Gasteiger partial charge in [-0.1, -0.05) is 96.5 Å². The van der Waals surface area contributed by atoms with Gasteiger partial charge in [0.25, 0.3) is 0 Å². The molecule has 3 aromatic heterocycles. The molecule has 216 valence electrons. The second kappa shape index (κ2) is 9.82. The molecule has 46 heavy (non-hydrogen) atoms. The molecule has 0 aliphatic rings. The molecule has 10 rings (SSSR count). The number of thiophene rings is 1. The van der Waals surface area contributed by atoms with Crippen molar-refractivity contribution in [1.82, 2.24) is 9.13 Å². The van der Waals surface area contributed by atoms with Crippen LogP contribution in [0.3, 0.4) is 0 Å². The van der Waals surface area contributed by atoms with Crippen LogP contribution in [0.2, 0.25) is 5.02 Å². The summed E-state index contributed by atoms with van der Waals surface area (Å²) >= 11 is 8.93. The van der Waals surface area contributed by atoms with Gasteiger partial charge < -0.3 is 9.13 Å². The first kappa shape index (κ1) is 25.9. The van der Waals surface area contributed by atoms with E-state index in [9.17, 15) is 0 Å². The highest BCUT2D eigenvalue weighted by molar-refractivity contribution is 7.25. The topological polar surface area (TPSA) is 9.86 Å². The van der Waals surface area contributed by atoms with Gasteiger partial charge in [-0.25, -0.2) is 0 Å². The maximum atomic E-state index is 7.11. The lowest BCUT2D eigenvalue weighted by Crippen LogP contribution is -1.96. The minimum Gasteiger partial charge on any atom is -0.309 e. The molecule has 0 atom stereocenters. The van der Waals surface area contributed by atoms with E-state index in [4.69, 9.17) is 11.6 Å². The first-order valence-corrected chi connectivity index (χ1v) is 16.7. The third-order valence-corrected chi connectivity index (χ3v) is 10.8. The maximum absolute atomic E-state index is 7.11. The Morgan fingerprint density at radius 2 is 0.957 bits per heavy atom. The first-order chi connectivity index (χ1) is 22.7. The fourth-order valence-electron chi connectivity index (χ4n) is 7.39. The second-order valence-corrected chi connectivity index (χ2v) is 13.4. The third-order valence-electron chi connectivity index (χ3n) is 9.38. The number of aromatic nitrogens is 2. The van der Waals surface area contributed by atoms with Crippen LogP contribution in [-0.4, -0.2) is 9.13 Å². The Hall–Kier alpha value is -5.35. The van der Waals surface area contributed by atoms with Gasteiger partial charge in [0.05, 0.1) is 32.8 Å². The van der Waals surface area contributed by atoms with Crippen molar-refractivity contribution in [2.75, 3.05) is 0 Å². The number of rotatable bonds is 3. The minimum absolute atomic E-state index is 0.753. The van der Waals surface area contributed by atoms with Gasteiger partial charge in [0.15, 0.2) is 0 Å². The molecule has 0 amide bonds. The Balaban J connectivity index is 1.22. The summed E-state index contributed by atoms with van der Waals surface area (Å²) in [7, 11) is 0. The molecule has 0 fully saturated rings. The first-order valence-electron chi connectivity index (χ1n) is 15.5. The fraction of sp³-hybridized carbons (Fsp3) is 0. The predicted octanol–water partition coefficient (Wildman–Crippen LogP) is 12.6. The second-order valence-electron chi connectivity index (χ2n) is 11.9. The Kier molecular flexibility index (Phi) is 5.54. The zero-order valence-electron chi connectivity index (χ0n) is 24.6. The van der Waals surface area contributed by atoms with E-state index in [2.05, 4.69) is 155 Å². The highest BCUT2D eigenvalue weighted by atomic mass is 35.5. The Morgan fingerprint density at radius 3 is 1.65 bits per heavy atom. The number of nitrogens with zero attached hydrogens (tertiary/aromatic N) is 2. The van der Waals surface area contributed by atoms with Crippen molar-refractivity contribution in [3.05, 3.63) is 157 Å². The van der Waals surface area contributed by atoms with E-state index < -0.39 is 0 Å².